The normalized spacial score (nSPS) is 10.2. The van der Waals surface area contributed by atoms with Crippen molar-refractivity contribution >= 4 is 39.7 Å². The molecule has 2 heterocycles. The van der Waals surface area contributed by atoms with Crippen molar-refractivity contribution < 1.29 is 14.7 Å². The molecule has 6 nitrogen and oxygen atoms in total. The minimum Gasteiger partial charge on any atom is -0.478 e. The van der Waals surface area contributed by atoms with Gasteiger partial charge in [-0.2, -0.15) is 4.37 Å². The molecule has 2 N–H and O–H groups in total. The molecule has 0 saturated heterocycles. The van der Waals surface area contributed by atoms with Crippen molar-refractivity contribution in [3.8, 4) is 0 Å². The van der Waals surface area contributed by atoms with Gasteiger partial charge in [-0.25, -0.2) is 4.79 Å². The predicted octanol–water partition coefficient (Wildman–Crippen LogP) is 1.86. The third kappa shape index (κ3) is 2.32. The van der Waals surface area contributed by atoms with Gasteiger partial charge in [0.1, 0.15) is 15.4 Å². The Balaban J connectivity index is 2.25. The first-order valence-electron chi connectivity index (χ1n) is 4.49. The smallest absolute Gasteiger partial charge is 0.340 e. The van der Waals surface area contributed by atoms with E-state index in [2.05, 4.69) is 14.7 Å². The van der Waals surface area contributed by atoms with Crippen LogP contribution < -0.4 is 5.32 Å². The van der Waals surface area contributed by atoms with Crippen LogP contribution in [0, 0.1) is 6.92 Å². The third-order valence-corrected chi connectivity index (χ3v) is 3.59. The number of amides is 1. The van der Waals surface area contributed by atoms with Gasteiger partial charge in [-0.1, -0.05) is 0 Å². The first-order valence-corrected chi connectivity index (χ1v) is 6.14. The van der Waals surface area contributed by atoms with Crippen molar-refractivity contribution in [2.75, 3.05) is 5.32 Å². The molecule has 88 valence electrons. The average molecular weight is 269 g/mol. The fourth-order valence-corrected chi connectivity index (χ4v) is 2.50. The minimum atomic E-state index is -1.10. The van der Waals surface area contributed by atoms with Crippen LogP contribution in [0.1, 0.15) is 25.7 Å². The van der Waals surface area contributed by atoms with Crippen LogP contribution in [0.3, 0.4) is 0 Å². The molecule has 2 aromatic heterocycles. The second-order valence-electron chi connectivity index (χ2n) is 3.10. The Morgan fingerprint density at radius 1 is 1.47 bits per heavy atom. The molecule has 0 aromatic carbocycles. The predicted molar refractivity (Wildman–Crippen MR) is 63.9 cm³/mol. The number of rotatable bonds is 3. The number of nitrogens with one attached hydrogen (secondary N) is 1. The number of carbonyl (C=O) groups is 2. The topological polar surface area (TPSA) is 92.2 Å². The van der Waals surface area contributed by atoms with Crippen LogP contribution in [0.2, 0.25) is 0 Å². The summed E-state index contributed by atoms with van der Waals surface area (Å²) >= 11 is 2.14. The SMILES string of the molecule is Cc1nsc(NC(=O)c2cncs2)c1C(=O)O. The van der Waals surface area contributed by atoms with E-state index in [1.54, 1.807) is 6.92 Å². The number of aromatic carboxylic acids is 1. The van der Waals surface area contributed by atoms with E-state index in [1.807, 2.05) is 0 Å². The summed E-state index contributed by atoms with van der Waals surface area (Å²) in [5, 5.41) is 11.8. The Morgan fingerprint density at radius 2 is 2.24 bits per heavy atom. The summed E-state index contributed by atoms with van der Waals surface area (Å²) in [6.45, 7) is 1.59. The standard InChI is InChI=1S/C9H7N3O3S2/c1-4-6(9(14)15)8(17-12-4)11-7(13)5-2-10-3-16-5/h2-3H,1H3,(H,11,13)(H,14,15). The molecule has 0 bridgehead atoms. The highest BCUT2D eigenvalue weighted by molar-refractivity contribution is 7.12. The van der Waals surface area contributed by atoms with Crippen LogP contribution in [0.25, 0.3) is 0 Å². The number of aromatic nitrogens is 2. The molecule has 8 heteroatoms. The molecule has 0 aliphatic heterocycles. The largest absolute Gasteiger partial charge is 0.478 e. The molecule has 0 aliphatic rings. The van der Waals surface area contributed by atoms with Gasteiger partial charge in [0.15, 0.2) is 0 Å². The van der Waals surface area contributed by atoms with Gasteiger partial charge < -0.3 is 10.4 Å². The molecule has 0 spiro atoms. The van der Waals surface area contributed by atoms with E-state index in [1.165, 1.54) is 23.0 Å². The van der Waals surface area contributed by atoms with E-state index in [0.717, 1.165) is 11.5 Å². The lowest BCUT2D eigenvalue weighted by molar-refractivity contribution is 0.0697. The monoisotopic (exact) mass is 269 g/mol. The van der Waals surface area contributed by atoms with E-state index >= 15 is 0 Å². The van der Waals surface area contributed by atoms with E-state index < -0.39 is 5.97 Å². The first-order chi connectivity index (χ1) is 8.09. The van der Waals surface area contributed by atoms with Crippen molar-refractivity contribution in [3.63, 3.8) is 0 Å². The highest BCUT2D eigenvalue weighted by atomic mass is 32.1. The van der Waals surface area contributed by atoms with Gasteiger partial charge in [-0.3, -0.25) is 9.78 Å². The second kappa shape index (κ2) is 4.60. The van der Waals surface area contributed by atoms with Crippen molar-refractivity contribution in [2.45, 2.75) is 6.92 Å². The summed E-state index contributed by atoms with van der Waals surface area (Å²) in [6, 6.07) is 0. The van der Waals surface area contributed by atoms with Gasteiger partial charge in [-0.05, 0) is 18.5 Å². The Morgan fingerprint density at radius 3 is 2.82 bits per heavy atom. The maximum Gasteiger partial charge on any atom is 0.340 e. The molecule has 2 rings (SSSR count). The summed E-state index contributed by atoms with van der Waals surface area (Å²) in [6.07, 6.45) is 1.42. The third-order valence-electron chi connectivity index (χ3n) is 1.96. The van der Waals surface area contributed by atoms with Gasteiger partial charge in [0.25, 0.3) is 5.91 Å². The van der Waals surface area contributed by atoms with Crippen molar-refractivity contribution in [2.24, 2.45) is 0 Å². The minimum absolute atomic E-state index is 0.0351. The fraction of sp³-hybridized carbons (Fsp3) is 0.111. The molecular weight excluding hydrogens is 262 g/mol. The van der Waals surface area contributed by atoms with E-state index in [-0.39, 0.29) is 16.5 Å². The van der Waals surface area contributed by atoms with Crippen molar-refractivity contribution in [1.82, 2.24) is 9.36 Å². The molecular formula is C9H7N3O3S2. The maximum atomic E-state index is 11.7. The second-order valence-corrected chi connectivity index (χ2v) is 4.76. The molecule has 0 unspecified atom stereocenters. The Labute approximate surface area is 104 Å². The van der Waals surface area contributed by atoms with Crippen molar-refractivity contribution in [3.05, 3.63) is 27.8 Å². The molecule has 0 radical (unpaired) electrons. The molecule has 0 aliphatic carbocycles. The van der Waals surface area contributed by atoms with Gasteiger partial charge in [0, 0.05) is 0 Å². The first kappa shape index (κ1) is 11.7. The lowest BCUT2D eigenvalue weighted by Gasteiger charge is -2.00. The summed E-state index contributed by atoms with van der Waals surface area (Å²) in [5.74, 6) is -1.48. The highest BCUT2D eigenvalue weighted by Crippen LogP contribution is 2.25. The zero-order valence-electron chi connectivity index (χ0n) is 8.63. The van der Waals surface area contributed by atoms with Crippen LogP contribution in [0.5, 0.6) is 0 Å². The van der Waals surface area contributed by atoms with Gasteiger partial charge in [0.05, 0.1) is 17.4 Å². The van der Waals surface area contributed by atoms with Gasteiger partial charge in [-0.15, -0.1) is 11.3 Å². The number of carboxylic acids is 1. The van der Waals surface area contributed by atoms with Crippen LogP contribution in [-0.4, -0.2) is 26.3 Å². The number of anilines is 1. The van der Waals surface area contributed by atoms with Gasteiger partial charge >= 0.3 is 5.97 Å². The molecule has 17 heavy (non-hydrogen) atoms. The summed E-state index contributed by atoms with van der Waals surface area (Å²) in [7, 11) is 0. The number of carboxylic acid groups (broad SMARTS) is 1. The van der Waals surface area contributed by atoms with Crippen LogP contribution in [-0.2, 0) is 0 Å². The van der Waals surface area contributed by atoms with E-state index in [0.29, 0.717) is 10.6 Å². The highest BCUT2D eigenvalue weighted by Gasteiger charge is 2.20. The lowest BCUT2D eigenvalue weighted by atomic mass is 10.2. The number of hydrogen-bond donors (Lipinski definition) is 2. The summed E-state index contributed by atoms with van der Waals surface area (Å²) in [5.41, 5.74) is 1.96. The van der Waals surface area contributed by atoms with Crippen LogP contribution in [0.4, 0.5) is 5.00 Å². The van der Waals surface area contributed by atoms with Crippen LogP contribution >= 0.6 is 22.9 Å². The van der Waals surface area contributed by atoms with E-state index in [4.69, 9.17) is 5.11 Å². The average Bonchev–Trinajstić information content (AvgIpc) is 2.87. The molecule has 0 atom stereocenters. The Bertz CT molecular complexity index is 562. The molecule has 0 fully saturated rings. The van der Waals surface area contributed by atoms with Crippen molar-refractivity contribution in [1.29, 1.82) is 0 Å². The number of nitrogens with zero attached hydrogens (tertiary/aromatic N) is 2. The molecule has 2 aromatic rings. The maximum absolute atomic E-state index is 11.7. The molecule has 0 saturated carbocycles. The van der Waals surface area contributed by atoms with Crippen LogP contribution in [0.15, 0.2) is 11.7 Å². The zero-order chi connectivity index (χ0) is 12.4. The fourth-order valence-electron chi connectivity index (χ4n) is 1.20. The Kier molecular flexibility index (Phi) is 3.16. The molecule has 1 amide bonds. The van der Waals surface area contributed by atoms with Gasteiger partial charge in [0.2, 0.25) is 0 Å². The number of aryl methyl sites for hydroxylation is 1. The number of hydrogen-bond acceptors (Lipinski definition) is 6. The number of thiazole rings is 1. The lowest BCUT2D eigenvalue weighted by Crippen LogP contribution is -2.12. The summed E-state index contributed by atoms with van der Waals surface area (Å²) in [4.78, 5) is 26.9. The Hall–Kier alpha value is -1.80. The quantitative estimate of drug-likeness (QED) is 0.887. The zero-order valence-corrected chi connectivity index (χ0v) is 10.3. The number of carbonyl (C=O) groups excluding carboxylic acids is 1. The van der Waals surface area contributed by atoms with E-state index in [9.17, 15) is 9.59 Å². The summed E-state index contributed by atoms with van der Waals surface area (Å²) < 4.78 is 3.91.